The average molecular weight is 355 g/mol. The molecule has 6 aliphatic rings. The van der Waals surface area contributed by atoms with Crippen LogP contribution in [0.25, 0.3) is 0 Å². The normalized spacial score (nSPS) is 55.5. The second kappa shape index (κ2) is 5.92. The molecule has 0 aromatic rings. The fraction of sp³-hybridized carbons (Fsp3) is 0.917. The predicted octanol–water partition coefficient (Wildman–Crippen LogP) is 5.05. The van der Waals surface area contributed by atoms with Gasteiger partial charge in [0.2, 0.25) is 0 Å². The van der Waals surface area contributed by atoms with Gasteiger partial charge in [0.15, 0.2) is 0 Å². The lowest BCUT2D eigenvalue weighted by Crippen LogP contribution is -2.40. The largest absolute Gasteiger partial charge is 0.299 e. The van der Waals surface area contributed by atoms with Crippen molar-refractivity contribution in [2.45, 2.75) is 77.0 Å². The second-order valence-corrected chi connectivity index (χ2v) is 10.9. The Bertz CT molecular complexity index is 624. The summed E-state index contributed by atoms with van der Waals surface area (Å²) in [5.41, 5.74) is 0. The Labute approximate surface area is 157 Å². The zero-order valence-corrected chi connectivity index (χ0v) is 16.1. The molecule has 0 radical (unpaired) electrons. The summed E-state index contributed by atoms with van der Waals surface area (Å²) in [4.78, 5) is 26.8. The van der Waals surface area contributed by atoms with Crippen LogP contribution in [0.1, 0.15) is 77.0 Å². The number of Topliss-reactive ketones (excluding diaryl/α,β-unsaturated/α-hetero) is 2. The van der Waals surface area contributed by atoms with Gasteiger partial charge in [-0.2, -0.15) is 0 Å². The van der Waals surface area contributed by atoms with Crippen LogP contribution in [0.3, 0.4) is 0 Å². The molecule has 0 bridgehead atoms. The maximum atomic E-state index is 13.5. The molecule has 10 atom stereocenters. The summed E-state index contributed by atoms with van der Waals surface area (Å²) in [6.07, 6.45) is 15.3. The first kappa shape index (κ1) is 16.3. The molecule has 6 aliphatic carbocycles. The van der Waals surface area contributed by atoms with Crippen molar-refractivity contribution in [1.29, 1.82) is 0 Å². The third kappa shape index (κ3) is 2.11. The van der Waals surface area contributed by atoms with Crippen LogP contribution < -0.4 is 0 Å². The number of carbonyl (C=O) groups is 2. The van der Waals surface area contributed by atoms with E-state index in [1.807, 2.05) is 0 Å². The number of hydrogen-bond donors (Lipinski definition) is 0. The fourth-order valence-corrected chi connectivity index (χ4v) is 9.28. The van der Waals surface area contributed by atoms with Crippen LogP contribution in [0.15, 0.2) is 0 Å². The van der Waals surface area contributed by atoms with E-state index in [-0.39, 0.29) is 11.8 Å². The van der Waals surface area contributed by atoms with E-state index in [2.05, 4.69) is 0 Å². The first-order valence-electron chi connectivity index (χ1n) is 11.8. The molecule has 0 spiro atoms. The van der Waals surface area contributed by atoms with E-state index >= 15 is 0 Å². The maximum absolute atomic E-state index is 13.5. The summed E-state index contributed by atoms with van der Waals surface area (Å²) in [5, 5.41) is 0. The first-order valence-corrected chi connectivity index (χ1v) is 11.8. The van der Waals surface area contributed by atoms with Crippen LogP contribution in [-0.2, 0) is 9.59 Å². The third-order valence-electron chi connectivity index (χ3n) is 10.2. The average Bonchev–Trinajstić information content (AvgIpc) is 3.13. The van der Waals surface area contributed by atoms with E-state index in [9.17, 15) is 9.59 Å². The van der Waals surface area contributed by atoms with Gasteiger partial charge in [0.05, 0.1) is 0 Å². The lowest BCUT2D eigenvalue weighted by Gasteiger charge is -2.45. The van der Waals surface area contributed by atoms with Crippen molar-refractivity contribution < 1.29 is 9.59 Å². The maximum Gasteiger partial charge on any atom is 0.139 e. The summed E-state index contributed by atoms with van der Waals surface area (Å²) >= 11 is 0. The number of carbonyl (C=O) groups excluding carboxylic acids is 2. The number of hydrogen-bond acceptors (Lipinski definition) is 2. The Morgan fingerprint density at radius 1 is 0.538 bits per heavy atom. The molecule has 26 heavy (non-hydrogen) atoms. The van der Waals surface area contributed by atoms with Crippen molar-refractivity contribution in [3.8, 4) is 0 Å². The van der Waals surface area contributed by atoms with Crippen molar-refractivity contribution in [2.75, 3.05) is 0 Å². The molecule has 2 nitrogen and oxygen atoms in total. The van der Waals surface area contributed by atoms with Crippen LogP contribution in [-0.4, -0.2) is 11.6 Å². The van der Waals surface area contributed by atoms with Crippen LogP contribution in [0.2, 0.25) is 0 Å². The van der Waals surface area contributed by atoms with Crippen molar-refractivity contribution in [1.82, 2.24) is 0 Å². The molecule has 0 heterocycles. The second-order valence-electron chi connectivity index (χ2n) is 10.9. The van der Waals surface area contributed by atoms with Crippen molar-refractivity contribution >= 4 is 11.6 Å². The van der Waals surface area contributed by atoms with E-state index < -0.39 is 0 Å². The molecule has 0 aliphatic heterocycles. The smallest absolute Gasteiger partial charge is 0.139 e. The molecule has 0 N–H and O–H groups in total. The SMILES string of the molecule is O=C1C2CC3CCCCC3CC2C2C1CCC1C3CCCCC3C(=O)C12. The van der Waals surface area contributed by atoms with Gasteiger partial charge in [-0.15, -0.1) is 0 Å². The molecule has 142 valence electrons. The summed E-state index contributed by atoms with van der Waals surface area (Å²) in [5.74, 6) is 6.51. The summed E-state index contributed by atoms with van der Waals surface area (Å²) in [6.45, 7) is 0. The van der Waals surface area contributed by atoms with Gasteiger partial charge >= 0.3 is 0 Å². The number of rotatable bonds is 0. The molecular formula is C24H34O2. The van der Waals surface area contributed by atoms with Crippen LogP contribution in [0, 0.1) is 59.2 Å². The quantitative estimate of drug-likeness (QED) is 0.610. The molecule has 6 rings (SSSR count). The van der Waals surface area contributed by atoms with Crippen LogP contribution in [0.4, 0.5) is 0 Å². The standard InChI is InChI=1S/C24H34O2/c25-23-18-10-9-16-15-7-3-4-8-17(15)24(26)22(16)21(18)19-11-13-5-1-2-6-14(13)12-20(19)23/h13-22H,1-12H2. The van der Waals surface area contributed by atoms with Gasteiger partial charge in [-0.25, -0.2) is 0 Å². The minimum atomic E-state index is 0.260. The Morgan fingerprint density at radius 2 is 1.27 bits per heavy atom. The van der Waals surface area contributed by atoms with Gasteiger partial charge in [0.25, 0.3) is 0 Å². The first-order chi connectivity index (χ1) is 12.7. The number of ketones is 2. The van der Waals surface area contributed by atoms with Crippen molar-refractivity contribution in [2.24, 2.45) is 59.2 Å². The third-order valence-corrected chi connectivity index (χ3v) is 10.2. The highest BCUT2D eigenvalue weighted by molar-refractivity contribution is 5.91. The number of fused-ring (bicyclic) bond motifs is 8. The Hall–Kier alpha value is -0.660. The fourth-order valence-electron chi connectivity index (χ4n) is 9.28. The lowest BCUT2D eigenvalue weighted by molar-refractivity contribution is -0.129. The summed E-state index contributed by atoms with van der Waals surface area (Å²) < 4.78 is 0. The molecule has 10 unspecified atom stereocenters. The van der Waals surface area contributed by atoms with Gasteiger partial charge < -0.3 is 0 Å². The van der Waals surface area contributed by atoms with Gasteiger partial charge in [-0.05, 0) is 74.0 Å². The minimum absolute atomic E-state index is 0.260. The highest BCUT2D eigenvalue weighted by atomic mass is 16.1. The van der Waals surface area contributed by atoms with Gasteiger partial charge in [0, 0.05) is 23.7 Å². The molecule has 0 aromatic heterocycles. The summed E-state index contributed by atoms with van der Waals surface area (Å²) in [7, 11) is 0. The summed E-state index contributed by atoms with van der Waals surface area (Å²) in [6, 6.07) is 0. The van der Waals surface area contributed by atoms with Crippen molar-refractivity contribution in [3.05, 3.63) is 0 Å². The van der Waals surface area contributed by atoms with E-state index in [4.69, 9.17) is 0 Å². The predicted molar refractivity (Wildman–Crippen MR) is 100 cm³/mol. The molecule has 0 amide bonds. The highest BCUT2D eigenvalue weighted by Gasteiger charge is 2.63. The van der Waals surface area contributed by atoms with Gasteiger partial charge in [0.1, 0.15) is 11.6 Å². The molecule has 0 saturated heterocycles. The lowest BCUT2D eigenvalue weighted by atomic mass is 9.59. The van der Waals surface area contributed by atoms with Crippen LogP contribution in [0.5, 0.6) is 0 Å². The Morgan fingerprint density at radius 3 is 2.12 bits per heavy atom. The van der Waals surface area contributed by atoms with Crippen molar-refractivity contribution in [3.63, 3.8) is 0 Å². The topological polar surface area (TPSA) is 34.1 Å². The molecule has 6 saturated carbocycles. The van der Waals surface area contributed by atoms with Gasteiger partial charge in [-0.1, -0.05) is 38.5 Å². The molecule has 2 heteroatoms. The van der Waals surface area contributed by atoms with Crippen LogP contribution >= 0.6 is 0 Å². The van der Waals surface area contributed by atoms with E-state index in [0.717, 1.165) is 24.7 Å². The zero-order chi connectivity index (χ0) is 17.4. The Balaban J connectivity index is 1.34. The Kier molecular flexibility index (Phi) is 3.71. The van der Waals surface area contributed by atoms with E-state index in [0.29, 0.717) is 47.1 Å². The van der Waals surface area contributed by atoms with E-state index in [1.165, 1.54) is 64.2 Å². The minimum Gasteiger partial charge on any atom is -0.299 e. The highest BCUT2D eigenvalue weighted by Crippen LogP contribution is 2.63. The molecular weight excluding hydrogens is 320 g/mol. The van der Waals surface area contributed by atoms with Gasteiger partial charge in [-0.3, -0.25) is 9.59 Å². The monoisotopic (exact) mass is 354 g/mol. The zero-order valence-electron chi connectivity index (χ0n) is 16.1. The molecule has 0 aromatic carbocycles. The van der Waals surface area contributed by atoms with E-state index in [1.54, 1.807) is 0 Å². The molecule has 6 fully saturated rings.